The number of benzene rings is 1. The number of aryl methyl sites for hydroxylation is 1. The van der Waals surface area contributed by atoms with Gasteiger partial charge in [-0.1, -0.05) is 25.3 Å². The van der Waals surface area contributed by atoms with Crippen LogP contribution in [0.5, 0.6) is 5.75 Å². The van der Waals surface area contributed by atoms with E-state index in [1.165, 1.54) is 11.1 Å². The molecule has 1 aromatic carbocycles. The van der Waals surface area contributed by atoms with Gasteiger partial charge in [0.05, 0.1) is 6.54 Å². The van der Waals surface area contributed by atoms with E-state index in [2.05, 4.69) is 24.2 Å². The Balaban J connectivity index is 2.03. The highest BCUT2D eigenvalue weighted by Crippen LogP contribution is 2.33. The number of nitrogens with one attached hydrogen (secondary N) is 1. The maximum atomic E-state index is 11.7. The van der Waals surface area contributed by atoms with Gasteiger partial charge in [0.2, 0.25) is 0 Å². The van der Waals surface area contributed by atoms with Crippen LogP contribution in [-0.4, -0.2) is 12.5 Å². The lowest BCUT2D eigenvalue weighted by molar-refractivity contribution is -0.134. The lowest BCUT2D eigenvalue weighted by atomic mass is 10.1. The molecule has 2 rings (SSSR count). The number of carbonyl (C=O) groups excluding carboxylic acids is 1. The molecule has 1 atom stereocenters. The molecule has 0 heterocycles. The van der Waals surface area contributed by atoms with E-state index in [0.717, 1.165) is 25.7 Å². The topological polar surface area (TPSA) is 38.3 Å². The second-order valence-electron chi connectivity index (χ2n) is 5.11. The van der Waals surface area contributed by atoms with Gasteiger partial charge in [-0.25, -0.2) is 0 Å². The Morgan fingerprint density at radius 2 is 2.40 bits per heavy atom. The van der Waals surface area contributed by atoms with Gasteiger partial charge in [0.25, 0.3) is 0 Å². The van der Waals surface area contributed by atoms with Gasteiger partial charge in [0.15, 0.2) is 0 Å². The van der Waals surface area contributed by atoms with Crippen molar-refractivity contribution in [1.82, 2.24) is 5.32 Å². The molecule has 0 fully saturated rings. The third-order valence-corrected chi connectivity index (χ3v) is 3.61. The van der Waals surface area contributed by atoms with Gasteiger partial charge in [-0.15, -0.1) is 6.42 Å². The van der Waals surface area contributed by atoms with E-state index in [0.29, 0.717) is 18.7 Å². The maximum Gasteiger partial charge on any atom is 0.311 e. The summed E-state index contributed by atoms with van der Waals surface area (Å²) in [6.07, 6.45) is 9.72. The van der Waals surface area contributed by atoms with Crippen molar-refractivity contribution in [3.8, 4) is 18.1 Å². The first-order valence-corrected chi connectivity index (χ1v) is 7.25. The highest BCUT2D eigenvalue weighted by molar-refractivity contribution is 5.72. The van der Waals surface area contributed by atoms with Crippen molar-refractivity contribution in [2.45, 2.75) is 45.1 Å². The molecule has 1 aliphatic rings. The summed E-state index contributed by atoms with van der Waals surface area (Å²) in [6.45, 7) is 2.62. The summed E-state index contributed by atoms with van der Waals surface area (Å²) < 4.78 is 5.39. The molecular formula is C17H21NO2. The average molecular weight is 271 g/mol. The minimum absolute atomic E-state index is 0.155. The summed E-state index contributed by atoms with van der Waals surface area (Å²) in [4.78, 5) is 11.7. The third-order valence-electron chi connectivity index (χ3n) is 3.61. The SMILES string of the molecule is C#CCN[C@@H]1CCc2ccc(OC(=O)CCCC)cc21. The number of esters is 1. The maximum absolute atomic E-state index is 11.7. The van der Waals surface area contributed by atoms with Crippen LogP contribution in [0.2, 0.25) is 0 Å². The highest BCUT2D eigenvalue weighted by Gasteiger charge is 2.22. The van der Waals surface area contributed by atoms with Gasteiger partial charge >= 0.3 is 5.97 Å². The Kier molecular flexibility index (Phi) is 5.20. The van der Waals surface area contributed by atoms with E-state index >= 15 is 0 Å². The van der Waals surface area contributed by atoms with E-state index in [-0.39, 0.29) is 12.0 Å². The van der Waals surface area contributed by atoms with Gasteiger partial charge < -0.3 is 4.74 Å². The predicted octanol–water partition coefficient (Wildman–Crippen LogP) is 2.99. The molecule has 1 N–H and O–H groups in total. The van der Waals surface area contributed by atoms with E-state index in [9.17, 15) is 4.79 Å². The normalized spacial score (nSPS) is 16.5. The Morgan fingerprint density at radius 3 is 3.15 bits per heavy atom. The summed E-state index contributed by atoms with van der Waals surface area (Å²) >= 11 is 0. The molecule has 0 saturated heterocycles. The van der Waals surface area contributed by atoms with Crippen molar-refractivity contribution in [2.75, 3.05) is 6.54 Å². The van der Waals surface area contributed by atoms with E-state index in [4.69, 9.17) is 11.2 Å². The molecule has 0 aliphatic heterocycles. The summed E-state index contributed by atoms with van der Waals surface area (Å²) in [5.74, 6) is 3.08. The smallest absolute Gasteiger partial charge is 0.311 e. The molecule has 20 heavy (non-hydrogen) atoms. The molecule has 0 amide bonds. The highest BCUT2D eigenvalue weighted by atomic mass is 16.5. The molecule has 0 radical (unpaired) electrons. The number of hydrogen-bond acceptors (Lipinski definition) is 3. The second-order valence-corrected chi connectivity index (χ2v) is 5.11. The first kappa shape index (κ1) is 14.6. The van der Waals surface area contributed by atoms with Gasteiger partial charge in [-0.2, -0.15) is 0 Å². The Hall–Kier alpha value is -1.79. The van der Waals surface area contributed by atoms with Crippen LogP contribution in [0.15, 0.2) is 18.2 Å². The molecule has 1 aromatic rings. The lowest BCUT2D eigenvalue weighted by Gasteiger charge is -2.13. The molecule has 0 unspecified atom stereocenters. The first-order valence-electron chi connectivity index (χ1n) is 7.25. The minimum atomic E-state index is -0.155. The summed E-state index contributed by atoms with van der Waals surface area (Å²) in [6, 6.07) is 6.18. The summed E-state index contributed by atoms with van der Waals surface area (Å²) in [5.41, 5.74) is 2.52. The summed E-state index contributed by atoms with van der Waals surface area (Å²) in [5, 5.41) is 3.33. The van der Waals surface area contributed by atoms with Crippen molar-refractivity contribution in [3.05, 3.63) is 29.3 Å². The lowest BCUT2D eigenvalue weighted by Crippen LogP contribution is -2.19. The Bertz CT molecular complexity index is 516. The number of terminal acetylenes is 1. The molecule has 0 saturated carbocycles. The van der Waals surface area contributed by atoms with Crippen LogP contribution < -0.4 is 10.1 Å². The second kappa shape index (κ2) is 7.12. The van der Waals surface area contributed by atoms with Gasteiger partial charge in [-0.05, 0) is 42.5 Å². The fourth-order valence-electron chi connectivity index (χ4n) is 2.54. The van der Waals surface area contributed by atoms with Crippen molar-refractivity contribution in [2.24, 2.45) is 0 Å². The van der Waals surface area contributed by atoms with Crippen molar-refractivity contribution < 1.29 is 9.53 Å². The van der Waals surface area contributed by atoms with Gasteiger partial charge in [-0.3, -0.25) is 10.1 Å². The molecule has 1 aliphatic carbocycles. The molecular weight excluding hydrogens is 250 g/mol. The molecule has 0 bridgehead atoms. The van der Waals surface area contributed by atoms with Crippen LogP contribution in [0.25, 0.3) is 0 Å². The number of rotatable bonds is 6. The Labute approximate surface area is 120 Å². The first-order chi connectivity index (χ1) is 9.74. The third kappa shape index (κ3) is 3.61. The quantitative estimate of drug-likeness (QED) is 0.491. The average Bonchev–Trinajstić information content (AvgIpc) is 2.85. The van der Waals surface area contributed by atoms with Crippen molar-refractivity contribution in [3.63, 3.8) is 0 Å². The zero-order valence-corrected chi connectivity index (χ0v) is 11.9. The van der Waals surface area contributed by atoms with Crippen LogP contribution >= 0.6 is 0 Å². The van der Waals surface area contributed by atoms with Crippen LogP contribution in [0, 0.1) is 12.3 Å². The van der Waals surface area contributed by atoms with E-state index < -0.39 is 0 Å². The zero-order chi connectivity index (χ0) is 14.4. The molecule has 106 valence electrons. The molecule has 3 heteroatoms. The molecule has 0 spiro atoms. The summed E-state index contributed by atoms with van der Waals surface area (Å²) in [7, 11) is 0. The van der Waals surface area contributed by atoms with E-state index in [1.807, 2.05) is 12.1 Å². The molecule has 3 nitrogen and oxygen atoms in total. The largest absolute Gasteiger partial charge is 0.427 e. The zero-order valence-electron chi connectivity index (χ0n) is 11.9. The van der Waals surface area contributed by atoms with Crippen LogP contribution in [0.1, 0.15) is 49.8 Å². The monoisotopic (exact) mass is 271 g/mol. The number of carbonyl (C=O) groups is 1. The van der Waals surface area contributed by atoms with Crippen molar-refractivity contribution in [1.29, 1.82) is 0 Å². The number of hydrogen-bond donors (Lipinski definition) is 1. The van der Waals surface area contributed by atoms with Crippen LogP contribution in [0.4, 0.5) is 0 Å². The van der Waals surface area contributed by atoms with Crippen LogP contribution in [-0.2, 0) is 11.2 Å². The fourth-order valence-corrected chi connectivity index (χ4v) is 2.54. The van der Waals surface area contributed by atoms with E-state index in [1.54, 1.807) is 0 Å². The van der Waals surface area contributed by atoms with Crippen molar-refractivity contribution >= 4 is 5.97 Å². The number of unbranched alkanes of at least 4 members (excludes halogenated alkanes) is 1. The van der Waals surface area contributed by atoms with Gasteiger partial charge in [0, 0.05) is 12.5 Å². The Morgan fingerprint density at radius 1 is 1.55 bits per heavy atom. The molecule has 0 aromatic heterocycles. The number of fused-ring (bicyclic) bond motifs is 1. The van der Waals surface area contributed by atoms with Crippen LogP contribution in [0.3, 0.4) is 0 Å². The number of ether oxygens (including phenoxy) is 1. The van der Waals surface area contributed by atoms with Gasteiger partial charge in [0.1, 0.15) is 5.75 Å². The fraction of sp³-hybridized carbons (Fsp3) is 0.471. The minimum Gasteiger partial charge on any atom is -0.427 e. The predicted molar refractivity (Wildman–Crippen MR) is 79.5 cm³/mol. The standard InChI is InChI=1S/C17H21NO2/c1-3-5-6-17(19)20-14-9-7-13-8-10-16(15(13)12-14)18-11-4-2/h2,7,9,12,16,18H,3,5-6,8,10-11H2,1H3/t16-/m1/s1.